The van der Waals surface area contributed by atoms with Gasteiger partial charge >= 0.3 is 0 Å². The van der Waals surface area contributed by atoms with Gasteiger partial charge in [0.25, 0.3) is 0 Å². The summed E-state index contributed by atoms with van der Waals surface area (Å²) in [6.07, 6.45) is 0.735. The number of nitrogens with one attached hydrogen (secondary N) is 1. The van der Waals surface area contributed by atoms with Gasteiger partial charge < -0.3 is 14.8 Å². The van der Waals surface area contributed by atoms with E-state index in [1.165, 1.54) is 6.92 Å². The summed E-state index contributed by atoms with van der Waals surface area (Å²) in [6, 6.07) is 1.59. The molecule has 0 fully saturated rings. The van der Waals surface area contributed by atoms with Crippen molar-refractivity contribution in [3.8, 4) is 11.5 Å². The third kappa shape index (κ3) is 2.08. The van der Waals surface area contributed by atoms with Crippen molar-refractivity contribution in [3.63, 3.8) is 0 Å². The van der Waals surface area contributed by atoms with Crippen LogP contribution in [0.15, 0.2) is 6.07 Å². The van der Waals surface area contributed by atoms with E-state index < -0.39 is 0 Å². The zero-order valence-electron chi connectivity index (χ0n) is 9.70. The lowest BCUT2D eigenvalue weighted by atomic mass is 10.1. The second-order valence-corrected chi connectivity index (χ2v) is 3.79. The number of fused-ring (bicyclic) bond motifs is 1. The van der Waals surface area contributed by atoms with Gasteiger partial charge in [-0.1, -0.05) is 0 Å². The molecule has 0 unspecified atom stereocenters. The Balaban J connectivity index is 2.57. The molecule has 0 radical (unpaired) electrons. The Kier molecular flexibility index (Phi) is 2.99. The fourth-order valence-corrected chi connectivity index (χ4v) is 1.76. The van der Waals surface area contributed by atoms with Crippen molar-refractivity contribution in [1.82, 2.24) is 0 Å². The molecular formula is C12H13NO4. The Morgan fingerprint density at radius 3 is 2.59 bits per heavy atom. The molecule has 0 saturated heterocycles. The topological polar surface area (TPSA) is 64.6 Å². The van der Waals surface area contributed by atoms with E-state index in [0.717, 1.165) is 11.8 Å². The highest BCUT2D eigenvalue weighted by atomic mass is 16.6. The van der Waals surface area contributed by atoms with E-state index in [2.05, 4.69) is 5.32 Å². The molecule has 0 aromatic heterocycles. The fourth-order valence-electron chi connectivity index (χ4n) is 1.76. The molecule has 5 nitrogen and oxygen atoms in total. The number of carbonyl (C=O) groups excluding carboxylic acids is 2. The lowest BCUT2D eigenvalue weighted by Crippen LogP contribution is -2.19. The molecule has 0 atom stereocenters. The van der Waals surface area contributed by atoms with E-state index in [0.29, 0.717) is 36.0 Å². The minimum atomic E-state index is -0.220. The molecule has 1 amide bonds. The molecule has 1 N–H and O–H groups in total. The number of rotatable bonds is 2. The van der Waals surface area contributed by atoms with Crippen molar-refractivity contribution >= 4 is 17.9 Å². The number of aldehydes is 1. The normalized spacial score (nSPS) is 13.1. The van der Waals surface area contributed by atoms with Gasteiger partial charge in [-0.15, -0.1) is 0 Å². The molecule has 5 heteroatoms. The molecule has 1 heterocycles. The molecule has 90 valence electrons. The molecule has 2 rings (SSSR count). The van der Waals surface area contributed by atoms with Gasteiger partial charge in [0.1, 0.15) is 13.2 Å². The average molecular weight is 235 g/mol. The van der Waals surface area contributed by atoms with Crippen LogP contribution in [-0.4, -0.2) is 25.4 Å². The number of benzene rings is 1. The maximum absolute atomic E-state index is 11.1. The Morgan fingerprint density at radius 2 is 2.00 bits per heavy atom. The Hall–Kier alpha value is -2.04. The number of anilines is 1. The maximum atomic E-state index is 11.1. The minimum Gasteiger partial charge on any atom is -0.486 e. The average Bonchev–Trinajstić information content (AvgIpc) is 2.32. The van der Waals surface area contributed by atoms with Crippen LogP contribution in [-0.2, 0) is 4.79 Å². The predicted molar refractivity (Wildman–Crippen MR) is 61.9 cm³/mol. The Bertz CT molecular complexity index is 482. The van der Waals surface area contributed by atoms with Crippen LogP contribution in [0.5, 0.6) is 11.5 Å². The number of carbonyl (C=O) groups is 2. The molecule has 0 aliphatic carbocycles. The maximum Gasteiger partial charge on any atom is 0.221 e. The summed E-state index contributed by atoms with van der Waals surface area (Å²) in [5.74, 6) is 0.807. The fraction of sp³-hybridized carbons (Fsp3) is 0.333. The van der Waals surface area contributed by atoms with Gasteiger partial charge in [-0.25, -0.2) is 0 Å². The van der Waals surface area contributed by atoms with Crippen molar-refractivity contribution in [2.24, 2.45) is 0 Å². The minimum absolute atomic E-state index is 0.220. The summed E-state index contributed by atoms with van der Waals surface area (Å²) in [4.78, 5) is 22.0. The summed E-state index contributed by atoms with van der Waals surface area (Å²) in [6.45, 7) is 4.06. The Labute approximate surface area is 98.7 Å². The van der Waals surface area contributed by atoms with Gasteiger partial charge in [-0.05, 0) is 13.0 Å². The van der Waals surface area contributed by atoms with Crippen LogP contribution < -0.4 is 14.8 Å². The smallest absolute Gasteiger partial charge is 0.221 e. The quantitative estimate of drug-likeness (QED) is 0.790. The van der Waals surface area contributed by atoms with Gasteiger partial charge in [0.15, 0.2) is 17.8 Å². The third-order valence-corrected chi connectivity index (χ3v) is 2.54. The zero-order chi connectivity index (χ0) is 12.4. The number of amides is 1. The summed E-state index contributed by atoms with van der Waals surface area (Å²) >= 11 is 0. The van der Waals surface area contributed by atoms with Crippen LogP contribution in [0.4, 0.5) is 5.69 Å². The van der Waals surface area contributed by atoms with E-state index in [1.807, 2.05) is 0 Å². The van der Waals surface area contributed by atoms with E-state index in [-0.39, 0.29) is 5.91 Å². The van der Waals surface area contributed by atoms with Crippen LogP contribution in [0, 0.1) is 6.92 Å². The lowest BCUT2D eigenvalue weighted by Gasteiger charge is -2.23. The highest BCUT2D eigenvalue weighted by Gasteiger charge is 2.21. The van der Waals surface area contributed by atoms with Crippen molar-refractivity contribution in [1.29, 1.82) is 0 Å². The second-order valence-electron chi connectivity index (χ2n) is 3.79. The van der Waals surface area contributed by atoms with Gasteiger partial charge in [0.2, 0.25) is 5.91 Å². The highest BCUT2D eigenvalue weighted by Crippen LogP contribution is 2.41. The first-order chi connectivity index (χ1) is 8.13. The van der Waals surface area contributed by atoms with E-state index in [1.54, 1.807) is 13.0 Å². The van der Waals surface area contributed by atoms with Crippen LogP contribution in [0.2, 0.25) is 0 Å². The molecule has 0 saturated carbocycles. The Morgan fingerprint density at radius 1 is 1.35 bits per heavy atom. The van der Waals surface area contributed by atoms with Crippen molar-refractivity contribution in [3.05, 3.63) is 17.2 Å². The zero-order valence-corrected chi connectivity index (χ0v) is 9.70. The van der Waals surface area contributed by atoms with Gasteiger partial charge in [0, 0.05) is 18.1 Å². The highest BCUT2D eigenvalue weighted by molar-refractivity contribution is 5.94. The first-order valence-electron chi connectivity index (χ1n) is 5.29. The van der Waals surface area contributed by atoms with Crippen LogP contribution in [0.1, 0.15) is 22.8 Å². The van der Waals surface area contributed by atoms with Crippen LogP contribution in [0.3, 0.4) is 0 Å². The van der Waals surface area contributed by atoms with Gasteiger partial charge in [-0.2, -0.15) is 0 Å². The summed E-state index contributed by atoms with van der Waals surface area (Å²) < 4.78 is 11.0. The summed E-state index contributed by atoms with van der Waals surface area (Å²) in [5.41, 5.74) is 1.68. The van der Waals surface area contributed by atoms with E-state index in [4.69, 9.17) is 9.47 Å². The van der Waals surface area contributed by atoms with Crippen LogP contribution in [0.25, 0.3) is 0 Å². The molecule has 1 aliphatic rings. The van der Waals surface area contributed by atoms with Crippen LogP contribution >= 0.6 is 0 Å². The van der Waals surface area contributed by atoms with Crippen molar-refractivity contribution in [2.45, 2.75) is 13.8 Å². The molecular weight excluding hydrogens is 222 g/mol. The van der Waals surface area contributed by atoms with Gasteiger partial charge in [0.05, 0.1) is 5.69 Å². The largest absolute Gasteiger partial charge is 0.486 e. The SMILES string of the molecule is CC(=O)Nc1cc(C=O)c(C)c2c1OCCO2. The van der Waals surface area contributed by atoms with Crippen molar-refractivity contribution < 1.29 is 19.1 Å². The number of hydrogen-bond acceptors (Lipinski definition) is 4. The molecule has 1 aromatic rings. The number of ether oxygens (including phenoxy) is 2. The first kappa shape index (κ1) is 11.4. The van der Waals surface area contributed by atoms with E-state index >= 15 is 0 Å². The second kappa shape index (κ2) is 4.45. The summed E-state index contributed by atoms with van der Waals surface area (Å²) in [7, 11) is 0. The van der Waals surface area contributed by atoms with Crippen molar-refractivity contribution in [2.75, 3.05) is 18.5 Å². The molecule has 0 spiro atoms. The standard InChI is InChI=1S/C12H13NO4/c1-7-9(6-14)5-10(13-8(2)15)12-11(7)16-3-4-17-12/h5-6H,3-4H2,1-2H3,(H,13,15). The number of hydrogen-bond donors (Lipinski definition) is 1. The molecule has 17 heavy (non-hydrogen) atoms. The lowest BCUT2D eigenvalue weighted by molar-refractivity contribution is -0.114. The first-order valence-corrected chi connectivity index (χ1v) is 5.29. The van der Waals surface area contributed by atoms with E-state index in [9.17, 15) is 9.59 Å². The molecule has 1 aromatic carbocycles. The third-order valence-electron chi connectivity index (χ3n) is 2.54. The van der Waals surface area contributed by atoms with Gasteiger partial charge in [-0.3, -0.25) is 9.59 Å². The molecule has 0 bridgehead atoms. The summed E-state index contributed by atoms with van der Waals surface area (Å²) in [5, 5.41) is 2.63. The predicted octanol–water partition coefficient (Wildman–Crippen LogP) is 1.54. The monoisotopic (exact) mass is 235 g/mol. The molecule has 1 aliphatic heterocycles.